The molecule has 0 fully saturated rings. The fraction of sp³-hybridized carbons (Fsp3) is 0.364. The van der Waals surface area contributed by atoms with E-state index >= 15 is 0 Å². The van der Waals surface area contributed by atoms with Gasteiger partial charge in [0.25, 0.3) is 0 Å². The van der Waals surface area contributed by atoms with Gasteiger partial charge in [-0.25, -0.2) is 0 Å². The van der Waals surface area contributed by atoms with Gasteiger partial charge in [-0.15, -0.1) is 0 Å². The zero-order valence-electron chi connectivity index (χ0n) is 16.5. The molecule has 0 aliphatic carbocycles. The fourth-order valence-corrected chi connectivity index (χ4v) is 2.75. The highest BCUT2D eigenvalue weighted by atomic mass is 16.2. The summed E-state index contributed by atoms with van der Waals surface area (Å²) < 4.78 is 0. The first-order valence-corrected chi connectivity index (χ1v) is 8.84. The molecule has 0 heterocycles. The van der Waals surface area contributed by atoms with E-state index in [1.165, 1.54) is 17.4 Å². The molecule has 0 radical (unpaired) electrons. The quantitative estimate of drug-likeness (QED) is 0.875. The van der Waals surface area contributed by atoms with Crippen molar-refractivity contribution in [3.63, 3.8) is 0 Å². The van der Waals surface area contributed by atoms with E-state index in [1.807, 2.05) is 56.3 Å². The van der Waals surface area contributed by atoms with Crippen molar-refractivity contribution in [1.29, 1.82) is 0 Å². The van der Waals surface area contributed by atoms with Gasteiger partial charge in [-0.3, -0.25) is 9.59 Å². The molecule has 2 amide bonds. The highest BCUT2D eigenvalue weighted by Crippen LogP contribution is 2.25. The van der Waals surface area contributed by atoms with Crippen LogP contribution in [0.2, 0.25) is 0 Å². The molecule has 2 rings (SSSR count). The molecule has 26 heavy (non-hydrogen) atoms. The van der Waals surface area contributed by atoms with Gasteiger partial charge >= 0.3 is 0 Å². The van der Waals surface area contributed by atoms with E-state index in [2.05, 4.69) is 26.1 Å². The average Bonchev–Trinajstić information content (AvgIpc) is 2.56. The lowest BCUT2D eigenvalue weighted by Crippen LogP contribution is -2.36. The van der Waals surface area contributed by atoms with Crippen molar-refractivity contribution in [3.8, 4) is 0 Å². The maximum atomic E-state index is 12.5. The zero-order valence-corrected chi connectivity index (χ0v) is 16.5. The number of hydrogen-bond acceptors (Lipinski definition) is 2. The Hall–Kier alpha value is -2.62. The monoisotopic (exact) mass is 352 g/mol. The number of amides is 2. The number of benzene rings is 2. The van der Waals surface area contributed by atoms with Crippen LogP contribution >= 0.6 is 0 Å². The lowest BCUT2D eigenvalue weighted by atomic mass is 9.87. The first-order valence-electron chi connectivity index (χ1n) is 8.84. The molecule has 0 unspecified atom stereocenters. The Kier molecular flexibility index (Phi) is 5.86. The molecule has 0 bridgehead atoms. The van der Waals surface area contributed by atoms with E-state index < -0.39 is 0 Å². The smallest absolute Gasteiger partial charge is 0.244 e. The molecule has 0 aliphatic heterocycles. The normalized spacial score (nSPS) is 11.2. The molecule has 4 nitrogen and oxygen atoms in total. The van der Waals surface area contributed by atoms with Crippen LogP contribution in [0.3, 0.4) is 0 Å². The van der Waals surface area contributed by atoms with E-state index in [9.17, 15) is 9.59 Å². The third kappa shape index (κ3) is 4.72. The Balaban J connectivity index is 2.16. The Morgan fingerprint density at radius 3 is 2.15 bits per heavy atom. The van der Waals surface area contributed by atoms with Gasteiger partial charge in [-0.05, 0) is 54.2 Å². The van der Waals surface area contributed by atoms with Crippen LogP contribution in [0.25, 0.3) is 0 Å². The van der Waals surface area contributed by atoms with Gasteiger partial charge in [-0.2, -0.15) is 0 Å². The zero-order chi connectivity index (χ0) is 19.5. The molecule has 4 heteroatoms. The third-order valence-corrected chi connectivity index (χ3v) is 4.61. The van der Waals surface area contributed by atoms with E-state index in [0.717, 1.165) is 22.5 Å². The molecule has 1 N–H and O–H groups in total. The van der Waals surface area contributed by atoms with Crippen molar-refractivity contribution in [1.82, 2.24) is 0 Å². The number of hydrogen-bond donors (Lipinski definition) is 1. The number of carbonyl (C=O) groups excluding carboxylic acids is 2. The third-order valence-electron chi connectivity index (χ3n) is 4.61. The van der Waals surface area contributed by atoms with E-state index in [0.29, 0.717) is 0 Å². The summed E-state index contributed by atoms with van der Waals surface area (Å²) in [6.45, 7) is 11.9. The van der Waals surface area contributed by atoms with Crippen LogP contribution in [0, 0.1) is 13.8 Å². The predicted molar refractivity (Wildman–Crippen MR) is 108 cm³/mol. The number of nitrogens with zero attached hydrogens (tertiary/aromatic N) is 1. The Labute approximate surface area is 156 Å². The highest BCUT2D eigenvalue weighted by molar-refractivity contribution is 6.02. The summed E-state index contributed by atoms with van der Waals surface area (Å²) in [5.74, 6) is -0.376. The predicted octanol–water partition coefficient (Wildman–Crippen LogP) is 4.59. The highest BCUT2D eigenvalue weighted by Gasteiger charge is 2.18. The maximum Gasteiger partial charge on any atom is 0.244 e. The van der Waals surface area contributed by atoms with Crippen LogP contribution in [-0.2, 0) is 15.0 Å². The topological polar surface area (TPSA) is 49.4 Å². The summed E-state index contributed by atoms with van der Waals surface area (Å²) in [5, 5.41) is 2.91. The molecule has 0 aliphatic rings. The second kappa shape index (κ2) is 7.73. The van der Waals surface area contributed by atoms with Crippen molar-refractivity contribution in [2.24, 2.45) is 0 Å². The van der Waals surface area contributed by atoms with Crippen molar-refractivity contribution < 1.29 is 9.59 Å². The molecule has 2 aromatic carbocycles. The first kappa shape index (κ1) is 19.7. The first-order chi connectivity index (χ1) is 12.1. The van der Waals surface area contributed by atoms with Crippen LogP contribution < -0.4 is 10.2 Å². The van der Waals surface area contributed by atoms with Gasteiger partial charge < -0.3 is 10.2 Å². The maximum absolute atomic E-state index is 12.5. The molecule has 0 aromatic heterocycles. The van der Waals surface area contributed by atoms with Gasteiger partial charge in [0.1, 0.15) is 6.54 Å². The summed E-state index contributed by atoms with van der Waals surface area (Å²) in [7, 11) is 0. The largest absolute Gasteiger partial charge is 0.324 e. The minimum absolute atomic E-state index is 0.0163. The minimum Gasteiger partial charge on any atom is -0.324 e. The van der Waals surface area contributed by atoms with Crippen LogP contribution in [0.4, 0.5) is 11.4 Å². The van der Waals surface area contributed by atoms with E-state index in [4.69, 9.17) is 0 Å². The van der Waals surface area contributed by atoms with Gasteiger partial charge in [0.15, 0.2) is 0 Å². The van der Waals surface area contributed by atoms with Gasteiger partial charge in [0.05, 0.1) is 0 Å². The number of anilines is 2. The molecule has 0 spiro atoms. The lowest BCUT2D eigenvalue weighted by Gasteiger charge is -2.23. The summed E-state index contributed by atoms with van der Waals surface area (Å²) >= 11 is 0. The van der Waals surface area contributed by atoms with Crippen molar-refractivity contribution in [2.75, 3.05) is 16.8 Å². The minimum atomic E-state index is -0.214. The van der Waals surface area contributed by atoms with Crippen molar-refractivity contribution in [2.45, 2.75) is 47.0 Å². The summed E-state index contributed by atoms with van der Waals surface area (Å²) in [6.07, 6.45) is 0. The Morgan fingerprint density at radius 1 is 1.00 bits per heavy atom. The van der Waals surface area contributed by atoms with E-state index in [-0.39, 0.29) is 23.8 Å². The summed E-state index contributed by atoms with van der Waals surface area (Å²) in [5.41, 5.74) is 4.88. The van der Waals surface area contributed by atoms with Gasteiger partial charge in [0, 0.05) is 18.3 Å². The standard InChI is InChI=1S/C22H28N2O2/c1-15-8-7-9-20(16(15)2)23-21(26)14-24(17(3)25)19-12-10-18(11-13-19)22(4,5)6/h7-13H,14H2,1-6H3,(H,23,26). The summed E-state index contributed by atoms with van der Waals surface area (Å²) in [6, 6.07) is 13.6. The summed E-state index contributed by atoms with van der Waals surface area (Å²) in [4.78, 5) is 26.1. The van der Waals surface area contributed by atoms with Crippen LogP contribution in [0.5, 0.6) is 0 Å². The second-order valence-electron chi connectivity index (χ2n) is 7.70. The Morgan fingerprint density at radius 2 is 1.62 bits per heavy atom. The molecule has 0 atom stereocenters. The molecular formula is C22H28N2O2. The molecule has 0 saturated heterocycles. The van der Waals surface area contributed by atoms with E-state index in [1.54, 1.807) is 0 Å². The number of nitrogens with one attached hydrogen (secondary N) is 1. The van der Waals surface area contributed by atoms with Crippen molar-refractivity contribution >= 4 is 23.2 Å². The Bertz CT molecular complexity index is 802. The van der Waals surface area contributed by atoms with Crippen LogP contribution in [-0.4, -0.2) is 18.4 Å². The van der Waals surface area contributed by atoms with Crippen LogP contribution in [0.1, 0.15) is 44.4 Å². The van der Waals surface area contributed by atoms with Crippen LogP contribution in [0.15, 0.2) is 42.5 Å². The SMILES string of the molecule is CC(=O)N(CC(=O)Nc1cccc(C)c1C)c1ccc(C(C)(C)C)cc1. The molecule has 0 saturated carbocycles. The second-order valence-corrected chi connectivity index (χ2v) is 7.70. The number of carbonyl (C=O) groups is 2. The molecule has 2 aromatic rings. The van der Waals surface area contributed by atoms with Crippen molar-refractivity contribution in [3.05, 3.63) is 59.2 Å². The number of rotatable bonds is 4. The average molecular weight is 352 g/mol. The van der Waals surface area contributed by atoms with Gasteiger partial charge in [0.2, 0.25) is 11.8 Å². The van der Waals surface area contributed by atoms with Gasteiger partial charge in [-0.1, -0.05) is 45.0 Å². The fourth-order valence-electron chi connectivity index (χ4n) is 2.75. The number of aryl methyl sites for hydroxylation is 1. The molecule has 138 valence electrons. The molecular weight excluding hydrogens is 324 g/mol. The lowest BCUT2D eigenvalue weighted by molar-refractivity contribution is -0.120.